The van der Waals surface area contributed by atoms with E-state index < -0.39 is 6.36 Å². The van der Waals surface area contributed by atoms with Gasteiger partial charge in [0.25, 0.3) is 0 Å². The topological polar surface area (TPSA) is 46.1 Å². The molecule has 1 aromatic carbocycles. The van der Waals surface area contributed by atoms with Crippen LogP contribution in [-0.2, 0) is 4.74 Å². The minimum absolute atomic E-state index is 0. The first-order valence-electron chi connectivity index (χ1n) is 9.89. The molecule has 5 nitrogen and oxygen atoms in total. The van der Waals surface area contributed by atoms with Crippen LogP contribution in [0.3, 0.4) is 0 Å². The molecule has 29 heavy (non-hydrogen) atoms. The van der Waals surface area contributed by atoms with Gasteiger partial charge in [0, 0.05) is 44.1 Å². The van der Waals surface area contributed by atoms with Gasteiger partial charge in [0.05, 0.1) is 6.61 Å². The molecule has 1 aliphatic carbocycles. The third kappa shape index (κ3) is 6.91. The normalized spacial score (nSPS) is 24.2. The monoisotopic (exact) mass is 527 g/mol. The number of aliphatic imine (C=N–C) groups is 1. The van der Waals surface area contributed by atoms with Crippen molar-refractivity contribution in [1.29, 1.82) is 0 Å². The Hall–Kier alpha value is -1.23. The number of hydrogen-bond donors (Lipinski definition) is 1. The maximum absolute atomic E-state index is 12.7. The van der Waals surface area contributed by atoms with Gasteiger partial charge in [0.1, 0.15) is 5.75 Å². The molecule has 1 heterocycles. The van der Waals surface area contributed by atoms with E-state index in [9.17, 15) is 13.2 Å². The van der Waals surface area contributed by atoms with E-state index in [0.29, 0.717) is 24.6 Å². The molecule has 0 spiro atoms. The molecule has 1 aliphatic heterocycles. The summed E-state index contributed by atoms with van der Waals surface area (Å²) in [6, 6.07) is 6.45. The first-order chi connectivity index (χ1) is 13.4. The number of rotatable bonds is 7. The number of halogens is 4. The summed E-state index contributed by atoms with van der Waals surface area (Å²) in [5.41, 5.74) is 0.587. The van der Waals surface area contributed by atoms with Gasteiger partial charge in [-0.25, -0.2) is 0 Å². The molecule has 164 valence electrons. The number of ether oxygens (including phenoxy) is 2. The molecule has 1 aromatic rings. The molecule has 2 aliphatic rings. The minimum atomic E-state index is -4.69. The zero-order chi connectivity index (χ0) is 20.1. The van der Waals surface area contributed by atoms with Crippen molar-refractivity contribution in [2.24, 2.45) is 10.9 Å². The standard InChI is InChI=1S/C20H28F3N3O2.HI/c1-3-24-19(26-10-9-14(12-26)13-27-4-2)25-17-11-16(17)15-7-5-6-8-18(15)28-20(21,22)23;/h5-8,14,16-17H,3-4,9-13H2,1-2H3,(H,24,25);1H. The van der Waals surface area contributed by atoms with Gasteiger partial charge in [-0.05, 0) is 38.3 Å². The molecule has 1 saturated heterocycles. The van der Waals surface area contributed by atoms with E-state index in [2.05, 4.69) is 19.9 Å². The lowest BCUT2D eigenvalue weighted by Gasteiger charge is -2.22. The van der Waals surface area contributed by atoms with Gasteiger partial charge in [0.2, 0.25) is 0 Å². The molecule has 0 bridgehead atoms. The highest BCUT2D eigenvalue weighted by Crippen LogP contribution is 2.45. The van der Waals surface area contributed by atoms with E-state index in [1.54, 1.807) is 18.2 Å². The van der Waals surface area contributed by atoms with Gasteiger partial charge in [0.15, 0.2) is 5.96 Å². The number of likely N-dealkylation sites (tertiary alicyclic amines) is 1. The van der Waals surface area contributed by atoms with E-state index in [-0.39, 0.29) is 41.7 Å². The van der Waals surface area contributed by atoms with Crippen molar-refractivity contribution in [3.05, 3.63) is 29.8 Å². The van der Waals surface area contributed by atoms with Crippen LogP contribution in [0.1, 0.15) is 38.2 Å². The SMILES string of the molecule is CCN=C(NC1CC1c1ccccc1OC(F)(F)F)N1CCC(COCC)C1.I. The van der Waals surface area contributed by atoms with Crippen LogP contribution in [0.4, 0.5) is 13.2 Å². The summed E-state index contributed by atoms with van der Waals surface area (Å²) in [5, 5.41) is 3.45. The van der Waals surface area contributed by atoms with E-state index in [4.69, 9.17) is 4.74 Å². The highest BCUT2D eigenvalue weighted by molar-refractivity contribution is 14.0. The van der Waals surface area contributed by atoms with Crippen LogP contribution >= 0.6 is 24.0 Å². The average molecular weight is 527 g/mol. The second-order valence-electron chi connectivity index (χ2n) is 7.24. The van der Waals surface area contributed by atoms with Crippen molar-refractivity contribution in [3.8, 4) is 5.75 Å². The summed E-state index contributed by atoms with van der Waals surface area (Å²) in [4.78, 5) is 6.81. The third-order valence-corrected chi connectivity index (χ3v) is 5.10. The Labute approximate surface area is 187 Å². The highest BCUT2D eigenvalue weighted by atomic mass is 127. The Morgan fingerprint density at radius 3 is 2.72 bits per heavy atom. The molecule has 3 atom stereocenters. The number of nitrogens with one attached hydrogen (secondary N) is 1. The van der Waals surface area contributed by atoms with Crippen LogP contribution in [0, 0.1) is 5.92 Å². The van der Waals surface area contributed by atoms with E-state index in [0.717, 1.165) is 38.5 Å². The quantitative estimate of drug-likeness (QED) is 0.325. The van der Waals surface area contributed by atoms with Gasteiger partial charge in [-0.3, -0.25) is 4.99 Å². The lowest BCUT2D eigenvalue weighted by Crippen LogP contribution is -2.42. The van der Waals surface area contributed by atoms with Crippen LogP contribution < -0.4 is 10.1 Å². The lowest BCUT2D eigenvalue weighted by atomic mass is 10.1. The molecular formula is C20H29F3IN3O2. The van der Waals surface area contributed by atoms with Gasteiger partial charge < -0.3 is 19.7 Å². The van der Waals surface area contributed by atoms with E-state index in [1.807, 2.05) is 13.8 Å². The molecule has 0 radical (unpaired) electrons. The van der Waals surface area contributed by atoms with Crippen LogP contribution in [0.2, 0.25) is 0 Å². The molecular weight excluding hydrogens is 498 g/mol. The number of benzene rings is 1. The van der Waals surface area contributed by atoms with Gasteiger partial charge in [-0.15, -0.1) is 37.1 Å². The van der Waals surface area contributed by atoms with Crippen LogP contribution in [-0.4, -0.2) is 56.1 Å². The summed E-state index contributed by atoms with van der Waals surface area (Å²) in [7, 11) is 0. The molecule has 9 heteroatoms. The van der Waals surface area contributed by atoms with Crippen LogP contribution in [0.5, 0.6) is 5.75 Å². The second-order valence-corrected chi connectivity index (χ2v) is 7.24. The number of nitrogens with zero attached hydrogens (tertiary/aromatic N) is 2. The fourth-order valence-corrected chi connectivity index (χ4v) is 3.70. The molecule has 1 saturated carbocycles. The first kappa shape index (κ1) is 24.0. The van der Waals surface area contributed by atoms with Crippen molar-refractivity contribution in [2.45, 2.75) is 45.0 Å². The number of guanidine groups is 1. The molecule has 0 amide bonds. The Morgan fingerprint density at radius 1 is 1.28 bits per heavy atom. The third-order valence-electron chi connectivity index (χ3n) is 5.10. The Balaban J connectivity index is 0.00000300. The predicted octanol–water partition coefficient (Wildman–Crippen LogP) is 4.38. The van der Waals surface area contributed by atoms with Crippen molar-refractivity contribution in [2.75, 3.05) is 32.8 Å². The Morgan fingerprint density at radius 2 is 2.03 bits per heavy atom. The Kier molecular flexibility index (Phi) is 8.87. The predicted molar refractivity (Wildman–Crippen MR) is 117 cm³/mol. The lowest BCUT2D eigenvalue weighted by molar-refractivity contribution is -0.274. The summed E-state index contributed by atoms with van der Waals surface area (Å²) in [6.07, 6.45) is -2.87. The van der Waals surface area contributed by atoms with Gasteiger partial charge in [-0.2, -0.15) is 0 Å². The van der Waals surface area contributed by atoms with Crippen LogP contribution in [0.15, 0.2) is 29.3 Å². The van der Waals surface area contributed by atoms with E-state index in [1.165, 1.54) is 6.07 Å². The highest BCUT2D eigenvalue weighted by Gasteiger charge is 2.43. The van der Waals surface area contributed by atoms with E-state index >= 15 is 0 Å². The van der Waals surface area contributed by atoms with Crippen molar-refractivity contribution < 1.29 is 22.6 Å². The smallest absolute Gasteiger partial charge is 0.405 e. The van der Waals surface area contributed by atoms with Crippen LogP contribution in [0.25, 0.3) is 0 Å². The number of alkyl halides is 3. The van der Waals surface area contributed by atoms with Crippen molar-refractivity contribution in [1.82, 2.24) is 10.2 Å². The van der Waals surface area contributed by atoms with Crippen molar-refractivity contribution in [3.63, 3.8) is 0 Å². The fourth-order valence-electron chi connectivity index (χ4n) is 3.70. The maximum Gasteiger partial charge on any atom is 0.573 e. The molecule has 3 unspecified atom stereocenters. The number of hydrogen-bond acceptors (Lipinski definition) is 3. The average Bonchev–Trinajstić information content (AvgIpc) is 3.23. The summed E-state index contributed by atoms with van der Waals surface area (Å²) < 4.78 is 47.7. The molecule has 1 N–H and O–H groups in total. The van der Waals surface area contributed by atoms with Gasteiger partial charge >= 0.3 is 6.36 Å². The second kappa shape index (κ2) is 10.7. The van der Waals surface area contributed by atoms with Crippen molar-refractivity contribution >= 4 is 29.9 Å². The largest absolute Gasteiger partial charge is 0.573 e. The summed E-state index contributed by atoms with van der Waals surface area (Å²) >= 11 is 0. The van der Waals surface area contributed by atoms with Gasteiger partial charge in [-0.1, -0.05) is 18.2 Å². The maximum atomic E-state index is 12.7. The first-order valence-corrected chi connectivity index (χ1v) is 9.89. The number of para-hydroxylation sites is 1. The molecule has 3 rings (SSSR count). The fraction of sp³-hybridized carbons (Fsp3) is 0.650. The zero-order valence-corrected chi connectivity index (χ0v) is 19.1. The Bertz CT molecular complexity index is 687. The summed E-state index contributed by atoms with van der Waals surface area (Å²) in [5.74, 6) is 1.20. The molecule has 0 aromatic heterocycles. The molecule has 2 fully saturated rings. The zero-order valence-electron chi connectivity index (χ0n) is 16.7. The summed E-state index contributed by atoms with van der Waals surface area (Å²) in [6.45, 7) is 7.89. The minimum Gasteiger partial charge on any atom is -0.405 e.